The van der Waals surface area contributed by atoms with Crippen LogP contribution in [0, 0.1) is 5.92 Å². The topological polar surface area (TPSA) is 120 Å². The van der Waals surface area contributed by atoms with Crippen molar-refractivity contribution < 1.29 is 33.8 Å². The van der Waals surface area contributed by atoms with Crippen LogP contribution in [0.4, 0.5) is 17.1 Å². The third kappa shape index (κ3) is 5.54. The number of fused-ring (bicyclic) bond motifs is 4. The van der Waals surface area contributed by atoms with E-state index in [4.69, 9.17) is 9.47 Å². The lowest BCUT2D eigenvalue weighted by Gasteiger charge is -2.37. The van der Waals surface area contributed by atoms with Crippen LogP contribution in [0.25, 0.3) is 0 Å². The number of hydrogen-bond donors (Lipinski definition) is 2. The maximum atomic E-state index is 15.1. The van der Waals surface area contributed by atoms with Crippen LogP contribution in [0.1, 0.15) is 35.6 Å². The van der Waals surface area contributed by atoms with Crippen LogP contribution < -0.4 is 14.5 Å². The van der Waals surface area contributed by atoms with E-state index in [9.17, 15) is 19.5 Å². The number of aliphatic hydroxyl groups is 1. The van der Waals surface area contributed by atoms with E-state index >= 15 is 4.79 Å². The summed E-state index contributed by atoms with van der Waals surface area (Å²) in [6.07, 6.45) is -0.281. The van der Waals surface area contributed by atoms with Crippen molar-refractivity contribution in [2.24, 2.45) is 5.92 Å². The van der Waals surface area contributed by atoms with Gasteiger partial charge in [0, 0.05) is 29.3 Å². The molecule has 0 saturated carbocycles. The lowest BCUT2D eigenvalue weighted by molar-refractivity contribution is -0.151. The van der Waals surface area contributed by atoms with E-state index in [1.165, 1.54) is 0 Å². The number of para-hydroxylation sites is 2. The molecule has 5 atom stereocenters. The smallest absolute Gasteiger partial charge is 0.269 e. The van der Waals surface area contributed by atoms with Gasteiger partial charge in [0.25, 0.3) is 11.8 Å². The molecule has 8 rings (SSSR count). The molecule has 4 aromatic carbocycles. The third-order valence-corrected chi connectivity index (χ3v) is 13.9. The van der Waals surface area contributed by atoms with Gasteiger partial charge in [0.15, 0.2) is 20.5 Å². The number of carbonyl (C=O) groups excluding carboxylic acids is 3. The molecule has 0 bridgehead atoms. The molecule has 1 spiro atoms. The molecule has 10 nitrogen and oxygen atoms in total. The Morgan fingerprint density at radius 2 is 1.63 bits per heavy atom. The van der Waals surface area contributed by atoms with Crippen LogP contribution >= 0.6 is 0 Å². The Morgan fingerprint density at radius 3 is 2.38 bits per heavy atom. The van der Waals surface area contributed by atoms with Gasteiger partial charge >= 0.3 is 0 Å². The Labute approximate surface area is 304 Å². The fourth-order valence-corrected chi connectivity index (χ4v) is 11.6. The summed E-state index contributed by atoms with van der Waals surface area (Å²) in [6, 6.07) is 30.2. The molecule has 0 radical (unpaired) electrons. The first-order chi connectivity index (χ1) is 25.0. The maximum Gasteiger partial charge on any atom is 0.269 e. The summed E-state index contributed by atoms with van der Waals surface area (Å²) < 4.78 is 12.8. The molecule has 268 valence electrons. The molecule has 52 heavy (non-hydrogen) atoms. The van der Waals surface area contributed by atoms with Crippen LogP contribution in [0.15, 0.2) is 97.1 Å². The first-order valence-electron chi connectivity index (χ1n) is 17.9. The molecule has 3 amide bonds. The number of amides is 3. The summed E-state index contributed by atoms with van der Waals surface area (Å²) in [7, 11) is -3.09. The number of rotatable bonds is 7. The van der Waals surface area contributed by atoms with E-state index in [1.54, 1.807) is 14.7 Å². The summed E-state index contributed by atoms with van der Waals surface area (Å²) in [5.74, 6) is -0.629. The number of anilines is 3. The van der Waals surface area contributed by atoms with E-state index in [0.717, 1.165) is 16.7 Å². The highest BCUT2D eigenvalue weighted by Gasteiger charge is 2.66. The molecule has 2 N–H and O–H groups in total. The Morgan fingerprint density at radius 1 is 0.923 bits per heavy atom. The molecule has 4 heterocycles. The minimum absolute atomic E-state index is 0.0528. The van der Waals surface area contributed by atoms with Crippen molar-refractivity contribution in [1.82, 2.24) is 4.90 Å². The molecule has 4 aliphatic rings. The van der Waals surface area contributed by atoms with Gasteiger partial charge in [-0.15, -0.1) is 0 Å². The molecular weight excluding hydrogens is 675 g/mol. The van der Waals surface area contributed by atoms with Crippen LogP contribution in [0.3, 0.4) is 0 Å². The van der Waals surface area contributed by atoms with Gasteiger partial charge in [-0.1, -0.05) is 73.7 Å². The first-order valence-corrected chi connectivity index (χ1v) is 21.0. The highest BCUT2D eigenvalue weighted by molar-refractivity contribution is 6.71. The zero-order chi connectivity index (χ0) is 36.4. The molecule has 11 heteroatoms. The van der Waals surface area contributed by atoms with Crippen molar-refractivity contribution in [3.63, 3.8) is 0 Å². The zero-order valence-corrected chi connectivity index (χ0v) is 30.6. The Kier molecular flexibility index (Phi) is 8.57. The molecule has 4 aliphatic heterocycles. The number of nitrogens with zero attached hydrogens (tertiary/aromatic N) is 3. The summed E-state index contributed by atoms with van der Waals surface area (Å²) in [4.78, 5) is 59.8. The monoisotopic (exact) mass is 717 g/mol. The van der Waals surface area contributed by atoms with Crippen LogP contribution in [-0.2, 0) is 44.2 Å². The second-order valence-corrected chi connectivity index (χ2v) is 18.9. The van der Waals surface area contributed by atoms with Crippen molar-refractivity contribution in [1.29, 1.82) is 0 Å². The second-order valence-electron chi connectivity index (χ2n) is 15.0. The van der Waals surface area contributed by atoms with E-state index in [2.05, 4.69) is 0 Å². The van der Waals surface area contributed by atoms with Gasteiger partial charge in [0.1, 0.15) is 5.75 Å². The quantitative estimate of drug-likeness (QED) is 0.245. The van der Waals surface area contributed by atoms with Gasteiger partial charge in [0.2, 0.25) is 5.91 Å². The van der Waals surface area contributed by atoms with E-state index in [-0.39, 0.29) is 43.4 Å². The summed E-state index contributed by atoms with van der Waals surface area (Å²) in [5, 5.41) is 10.4. The maximum absolute atomic E-state index is 15.1. The number of benzene rings is 4. The summed E-state index contributed by atoms with van der Waals surface area (Å²) in [5.41, 5.74) is 3.51. The Hall–Kier alpha value is -4.81. The Bertz CT molecular complexity index is 2050. The SMILES string of the molecule is C[C@@H]1[C@@H]([Si](C)(C)O)[C@H](CC(=O)N2Cc3ccccc3C[C@H]2CO)O[C@@]12C(=O)N(Cc1ccccc1)c1ccc(N3C(=O)COc4ccccc43)cc12. The van der Waals surface area contributed by atoms with Crippen molar-refractivity contribution in [2.75, 3.05) is 23.0 Å². The largest absolute Gasteiger partial charge is 0.482 e. The van der Waals surface area contributed by atoms with Crippen molar-refractivity contribution in [3.8, 4) is 5.75 Å². The van der Waals surface area contributed by atoms with Gasteiger partial charge in [0.05, 0.1) is 43.1 Å². The molecule has 0 unspecified atom stereocenters. The minimum Gasteiger partial charge on any atom is -0.482 e. The van der Waals surface area contributed by atoms with E-state index in [1.807, 2.05) is 117 Å². The standard InChI is InChI=1S/C41H43N3O7Si/c1-26-39(52(2,3)49)36(21-37(46)42-23-29-14-8-7-13-28(29)19-31(42)24-45)51-41(26)32-20-30(44-34-15-9-10-16-35(34)50-25-38(44)47)17-18-33(32)43(40(41)48)22-27-11-5-4-6-12-27/h4-18,20,26,31,36,39,45,49H,19,21-25H2,1-3H3/t26-,31+,36+,39-,41+/m1/s1. The van der Waals surface area contributed by atoms with Crippen LogP contribution in [0.5, 0.6) is 5.75 Å². The lowest BCUT2D eigenvalue weighted by Crippen LogP contribution is -2.48. The van der Waals surface area contributed by atoms with Crippen molar-refractivity contribution in [3.05, 3.63) is 119 Å². The van der Waals surface area contributed by atoms with Crippen LogP contribution in [-0.4, -0.2) is 66.2 Å². The molecule has 1 saturated heterocycles. The second kappa shape index (κ2) is 13.0. The van der Waals surface area contributed by atoms with Gasteiger partial charge in [-0.3, -0.25) is 19.3 Å². The summed E-state index contributed by atoms with van der Waals surface area (Å²) in [6.45, 7) is 5.97. The Balaban J connectivity index is 1.21. The number of carbonyl (C=O) groups is 3. The van der Waals surface area contributed by atoms with Gasteiger partial charge in [-0.2, -0.15) is 0 Å². The zero-order valence-electron chi connectivity index (χ0n) is 29.6. The highest BCUT2D eigenvalue weighted by atomic mass is 28.4. The number of aliphatic hydroxyl groups excluding tert-OH is 1. The molecule has 0 aromatic heterocycles. The normalized spacial score (nSPS) is 25.2. The predicted molar refractivity (Wildman–Crippen MR) is 199 cm³/mol. The van der Waals surface area contributed by atoms with Gasteiger partial charge in [-0.25, -0.2) is 0 Å². The van der Waals surface area contributed by atoms with Crippen molar-refractivity contribution >= 4 is 43.1 Å². The van der Waals surface area contributed by atoms with E-state index < -0.39 is 31.5 Å². The molecular formula is C41H43N3O7Si. The highest BCUT2D eigenvalue weighted by Crippen LogP contribution is 2.60. The summed E-state index contributed by atoms with van der Waals surface area (Å²) >= 11 is 0. The third-order valence-electron chi connectivity index (χ3n) is 11.4. The minimum atomic E-state index is -3.09. The fourth-order valence-electron chi connectivity index (χ4n) is 9.04. The average Bonchev–Trinajstić information content (AvgIpc) is 3.56. The first kappa shape index (κ1) is 34.3. The van der Waals surface area contributed by atoms with Gasteiger partial charge in [-0.05, 0) is 66.5 Å². The number of ether oxygens (including phenoxy) is 2. The average molecular weight is 718 g/mol. The molecule has 1 fully saturated rings. The lowest BCUT2D eigenvalue weighted by atomic mass is 9.82. The molecule has 0 aliphatic carbocycles. The number of hydrogen-bond acceptors (Lipinski definition) is 7. The van der Waals surface area contributed by atoms with Crippen LogP contribution in [0.2, 0.25) is 18.6 Å². The predicted octanol–water partition coefficient (Wildman–Crippen LogP) is 5.42. The fraction of sp³-hybridized carbons (Fsp3) is 0.341. The van der Waals surface area contributed by atoms with Gasteiger partial charge < -0.3 is 29.2 Å². The molecule has 4 aromatic rings. The van der Waals surface area contributed by atoms with E-state index in [0.29, 0.717) is 47.9 Å². The van der Waals surface area contributed by atoms with Crippen molar-refractivity contribution in [2.45, 2.75) is 69.2 Å².